The average molecular weight is 137 g/mol. The minimum absolute atomic E-state index is 0.211. The second kappa shape index (κ2) is 2.78. The van der Waals surface area contributed by atoms with Crippen molar-refractivity contribution in [2.75, 3.05) is 12.4 Å². The summed E-state index contributed by atoms with van der Waals surface area (Å²) in [4.78, 5) is 1.12. The number of nitrogen functional groups attached to an aromatic ring is 1. The quantitative estimate of drug-likeness (QED) is 0.446. The molecule has 0 amide bonds. The molecule has 52 valence electrons. The summed E-state index contributed by atoms with van der Waals surface area (Å²) in [5.74, 6) is 8.08. The van der Waals surface area contributed by atoms with Crippen LogP contribution >= 0.6 is 0 Å². The molecule has 0 spiro atoms. The van der Waals surface area contributed by atoms with Gasteiger partial charge in [0, 0.05) is 6.07 Å². The Labute approximate surface area is 58.6 Å². The van der Waals surface area contributed by atoms with Crippen molar-refractivity contribution in [1.82, 2.24) is 9.89 Å². The minimum Gasteiger partial charge on any atom is -0.463 e. The number of nitrogens with two attached hydrogens (primary N) is 1. The molecule has 0 unspecified atom stereocenters. The summed E-state index contributed by atoms with van der Waals surface area (Å²) in [5, 5.41) is 3.67. The maximum absolute atomic E-state index is 5.29. The van der Waals surface area contributed by atoms with E-state index in [1.165, 1.54) is 6.20 Å². The Morgan fingerprint density at radius 2 is 2.70 bits per heavy atom. The number of hydrogen-bond donors (Lipinski definition) is 1. The SMILES string of the molecule is C#CCOc1ccnn1N. The Hall–Kier alpha value is -1.63. The molecule has 0 atom stereocenters. The number of nitrogens with zero attached hydrogens (tertiary/aromatic N) is 2. The van der Waals surface area contributed by atoms with Crippen molar-refractivity contribution >= 4 is 0 Å². The van der Waals surface area contributed by atoms with Crippen molar-refractivity contribution in [2.24, 2.45) is 0 Å². The fourth-order valence-corrected chi connectivity index (χ4v) is 0.532. The van der Waals surface area contributed by atoms with E-state index in [0.717, 1.165) is 4.79 Å². The van der Waals surface area contributed by atoms with Crippen LogP contribution in [0.25, 0.3) is 0 Å². The largest absolute Gasteiger partial charge is 0.463 e. The standard InChI is InChI=1S/C6H7N3O/c1-2-5-10-6-3-4-8-9(6)7/h1,3-4H,5,7H2. The Kier molecular flexibility index (Phi) is 1.80. The Bertz CT molecular complexity index is 248. The van der Waals surface area contributed by atoms with Crippen molar-refractivity contribution in [3.05, 3.63) is 12.3 Å². The van der Waals surface area contributed by atoms with E-state index in [1.807, 2.05) is 0 Å². The Balaban J connectivity index is 2.59. The summed E-state index contributed by atoms with van der Waals surface area (Å²) in [6.45, 7) is 0.211. The number of rotatable bonds is 2. The summed E-state index contributed by atoms with van der Waals surface area (Å²) >= 11 is 0. The molecular weight excluding hydrogens is 130 g/mol. The molecule has 0 aliphatic heterocycles. The van der Waals surface area contributed by atoms with Crippen molar-refractivity contribution in [2.45, 2.75) is 0 Å². The molecule has 0 aromatic carbocycles. The summed E-state index contributed by atoms with van der Waals surface area (Å²) in [6, 6.07) is 1.64. The van der Waals surface area contributed by atoms with Crippen molar-refractivity contribution in [3.8, 4) is 18.2 Å². The molecule has 4 heteroatoms. The molecule has 0 aliphatic carbocycles. The Morgan fingerprint density at radius 3 is 3.20 bits per heavy atom. The molecular formula is C6H7N3O. The van der Waals surface area contributed by atoms with Crippen molar-refractivity contribution in [1.29, 1.82) is 0 Å². The van der Waals surface area contributed by atoms with E-state index >= 15 is 0 Å². The molecule has 1 aromatic heterocycles. The van der Waals surface area contributed by atoms with Gasteiger partial charge in [-0.2, -0.15) is 5.10 Å². The highest BCUT2D eigenvalue weighted by molar-refractivity contribution is 5.08. The second-order valence-electron chi connectivity index (χ2n) is 1.61. The van der Waals surface area contributed by atoms with Crippen LogP contribution in [0.5, 0.6) is 5.88 Å². The van der Waals surface area contributed by atoms with Gasteiger partial charge >= 0.3 is 0 Å². The summed E-state index contributed by atoms with van der Waals surface area (Å²) in [5.41, 5.74) is 0. The van der Waals surface area contributed by atoms with Gasteiger partial charge in [-0.3, -0.25) is 0 Å². The molecule has 10 heavy (non-hydrogen) atoms. The molecule has 1 aromatic rings. The van der Waals surface area contributed by atoms with Gasteiger partial charge in [-0.05, 0) is 0 Å². The highest BCUT2D eigenvalue weighted by Gasteiger charge is 1.95. The van der Waals surface area contributed by atoms with Gasteiger partial charge in [0.2, 0.25) is 5.88 Å². The van der Waals surface area contributed by atoms with E-state index in [4.69, 9.17) is 17.0 Å². The number of hydrogen-bond acceptors (Lipinski definition) is 3. The fourth-order valence-electron chi connectivity index (χ4n) is 0.532. The number of ether oxygens (including phenoxy) is 1. The van der Waals surface area contributed by atoms with E-state index in [1.54, 1.807) is 6.07 Å². The van der Waals surface area contributed by atoms with Gasteiger partial charge in [0.1, 0.15) is 0 Å². The minimum atomic E-state index is 0.211. The lowest BCUT2D eigenvalue weighted by Gasteiger charge is -1.99. The zero-order valence-corrected chi connectivity index (χ0v) is 5.32. The lowest BCUT2D eigenvalue weighted by molar-refractivity contribution is 0.340. The molecule has 0 aliphatic rings. The predicted molar refractivity (Wildman–Crippen MR) is 36.7 cm³/mol. The van der Waals surface area contributed by atoms with Crippen LogP contribution in [-0.4, -0.2) is 16.5 Å². The zero-order valence-electron chi connectivity index (χ0n) is 5.32. The normalized spacial score (nSPS) is 8.70. The molecule has 0 saturated heterocycles. The maximum Gasteiger partial charge on any atom is 0.232 e. The molecule has 0 bridgehead atoms. The first-order chi connectivity index (χ1) is 4.84. The predicted octanol–water partition coefficient (Wildman–Crippen LogP) is -0.391. The topological polar surface area (TPSA) is 53.1 Å². The van der Waals surface area contributed by atoms with Crippen LogP contribution in [0.1, 0.15) is 0 Å². The molecule has 4 nitrogen and oxygen atoms in total. The van der Waals surface area contributed by atoms with Gasteiger partial charge in [-0.25, -0.2) is 0 Å². The van der Waals surface area contributed by atoms with Gasteiger partial charge in [-0.15, -0.1) is 11.2 Å². The lowest BCUT2D eigenvalue weighted by atomic mass is 10.7. The van der Waals surface area contributed by atoms with Gasteiger partial charge in [0.15, 0.2) is 6.61 Å². The average Bonchev–Trinajstić information content (AvgIpc) is 2.31. The summed E-state index contributed by atoms with van der Waals surface area (Å²) < 4.78 is 4.97. The van der Waals surface area contributed by atoms with E-state index in [-0.39, 0.29) is 6.61 Å². The fraction of sp³-hybridized carbons (Fsp3) is 0.167. The van der Waals surface area contributed by atoms with E-state index in [9.17, 15) is 0 Å². The van der Waals surface area contributed by atoms with Gasteiger partial charge in [0.25, 0.3) is 0 Å². The van der Waals surface area contributed by atoms with E-state index in [0.29, 0.717) is 5.88 Å². The van der Waals surface area contributed by atoms with Crippen LogP contribution in [-0.2, 0) is 0 Å². The molecule has 2 N–H and O–H groups in total. The Morgan fingerprint density at radius 1 is 1.90 bits per heavy atom. The molecule has 1 heterocycles. The van der Waals surface area contributed by atoms with Crippen LogP contribution in [0.15, 0.2) is 12.3 Å². The van der Waals surface area contributed by atoms with Crippen LogP contribution < -0.4 is 10.6 Å². The third-order valence-corrected chi connectivity index (χ3v) is 0.937. The van der Waals surface area contributed by atoms with E-state index in [2.05, 4.69) is 11.0 Å². The van der Waals surface area contributed by atoms with Crippen molar-refractivity contribution < 1.29 is 4.74 Å². The molecule has 0 saturated carbocycles. The first-order valence-corrected chi connectivity index (χ1v) is 2.70. The van der Waals surface area contributed by atoms with Crippen LogP contribution in [0.2, 0.25) is 0 Å². The van der Waals surface area contributed by atoms with Gasteiger partial charge in [0.05, 0.1) is 6.20 Å². The smallest absolute Gasteiger partial charge is 0.232 e. The number of terminal acetylenes is 1. The van der Waals surface area contributed by atoms with Gasteiger partial charge in [-0.1, -0.05) is 5.92 Å². The first kappa shape index (κ1) is 6.49. The summed E-state index contributed by atoms with van der Waals surface area (Å²) in [6.07, 6.45) is 6.48. The second-order valence-corrected chi connectivity index (χ2v) is 1.61. The third kappa shape index (κ3) is 1.20. The number of aromatic nitrogens is 2. The van der Waals surface area contributed by atoms with E-state index < -0.39 is 0 Å². The van der Waals surface area contributed by atoms with Gasteiger partial charge < -0.3 is 10.6 Å². The molecule has 0 radical (unpaired) electrons. The monoisotopic (exact) mass is 137 g/mol. The lowest BCUT2D eigenvalue weighted by Crippen LogP contribution is -2.12. The van der Waals surface area contributed by atoms with Crippen molar-refractivity contribution in [3.63, 3.8) is 0 Å². The van der Waals surface area contributed by atoms with Crippen LogP contribution in [0.3, 0.4) is 0 Å². The third-order valence-electron chi connectivity index (χ3n) is 0.937. The van der Waals surface area contributed by atoms with Crippen LogP contribution in [0, 0.1) is 12.3 Å². The summed E-state index contributed by atoms with van der Waals surface area (Å²) in [7, 11) is 0. The first-order valence-electron chi connectivity index (χ1n) is 2.70. The molecule has 0 fully saturated rings. The molecule has 1 rings (SSSR count). The maximum atomic E-state index is 5.29. The zero-order chi connectivity index (χ0) is 7.40. The highest BCUT2D eigenvalue weighted by atomic mass is 16.5. The highest BCUT2D eigenvalue weighted by Crippen LogP contribution is 2.03. The van der Waals surface area contributed by atoms with Crippen LogP contribution in [0.4, 0.5) is 0 Å².